The Morgan fingerprint density at radius 2 is 1.43 bits per heavy atom. The summed E-state index contributed by atoms with van der Waals surface area (Å²) in [5.74, 6) is 0. The average Bonchev–Trinajstić information content (AvgIpc) is 0.722. The number of hydrogen-bond acceptors (Lipinski definition) is 3. The van der Waals surface area contributed by atoms with Crippen molar-refractivity contribution in [2.45, 2.75) is 0 Å². The molecule has 0 heterocycles. The molecular formula is H3Mg2O4P. The van der Waals surface area contributed by atoms with E-state index >= 15 is 0 Å². The van der Waals surface area contributed by atoms with Crippen LogP contribution < -0.4 is 9.79 Å². The Kier molecular flexibility index (Phi) is 13.1. The Labute approximate surface area is 72.8 Å². The van der Waals surface area contributed by atoms with E-state index in [9.17, 15) is 0 Å². The molecule has 0 aromatic heterocycles. The average molecular weight is 147 g/mol. The molecule has 1 N–H and O–H groups in total. The van der Waals surface area contributed by atoms with Crippen LogP contribution in [0.3, 0.4) is 0 Å². The second-order valence-electron chi connectivity index (χ2n) is 0.469. The fourth-order valence-electron chi connectivity index (χ4n) is 0. The molecule has 0 aromatic carbocycles. The van der Waals surface area contributed by atoms with Gasteiger partial charge in [-0.2, -0.15) is 0 Å². The molecule has 0 rings (SSSR count). The first kappa shape index (κ1) is 15.9. The molecule has 0 aliphatic carbocycles. The van der Waals surface area contributed by atoms with Gasteiger partial charge < -0.3 is 19.2 Å². The van der Waals surface area contributed by atoms with Crippen molar-refractivity contribution >= 4 is 53.9 Å². The third kappa shape index (κ3) is 90.2. The van der Waals surface area contributed by atoms with E-state index in [4.69, 9.17) is 19.2 Å². The summed E-state index contributed by atoms with van der Waals surface area (Å²) in [7, 11) is -5.14. The van der Waals surface area contributed by atoms with E-state index in [1.807, 2.05) is 0 Å². The zero-order chi connectivity index (χ0) is 4.50. The zero-order valence-corrected chi connectivity index (χ0v) is 5.13. The van der Waals surface area contributed by atoms with Gasteiger partial charge in [0.25, 0.3) is 0 Å². The van der Waals surface area contributed by atoms with Crippen molar-refractivity contribution in [2.24, 2.45) is 0 Å². The summed E-state index contributed by atoms with van der Waals surface area (Å²) in [6.45, 7) is 0. The minimum Gasteiger partial charge on any atom is -0.790 e. The maximum absolute atomic E-state index is 8.66. The molecule has 0 fully saturated rings. The van der Waals surface area contributed by atoms with Crippen LogP contribution in [0.4, 0.5) is 0 Å². The van der Waals surface area contributed by atoms with Gasteiger partial charge in [-0.25, -0.2) is 0 Å². The van der Waals surface area contributed by atoms with E-state index in [1.54, 1.807) is 0 Å². The Morgan fingerprint density at radius 3 is 1.43 bits per heavy atom. The summed E-state index contributed by atoms with van der Waals surface area (Å²) in [5, 5.41) is 0. The summed E-state index contributed by atoms with van der Waals surface area (Å²) in [5.41, 5.74) is 0. The van der Waals surface area contributed by atoms with Crippen molar-refractivity contribution in [1.82, 2.24) is 0 Å². The summed E-state index contributed by atoms with van der Waals surface area (Å²) in [6.07, 6.45) is 0. The molecule has 7 heteroatoms. The quantitative estimate of drug-likeness (QED) is 0.284. The smallest absolute Gasteiger partial charge is 0.790 e. The predicted molar refractivity (Wildman–Crippen MR) is 24.1 cm³/mol. The molecule has 0 bridgehead atoms. The third-order valence-electron chi connectivity index (χ3n) is 0. The molecule has 0 saturated heterocycles. The minimum atomic E-state index is -5.14. The molecule has 0 aromatic rings. The van der Waals surface area contributed by atoms with Gasteiger partial charge >= 0.3 is 46.1 Å². The van der Waals surface area contributed by atoms with Gasteiger partial charge in [0.1, 0.15) is 0 Å². The molecular weight excluding hydrogens is 144 g/mol. The van der Waals surface area contributed by atoms with E-state index in [0.717, 1.165) is 0 Å². The molecule has 0 unspecified atom stereocenters. The maximum atomic E-state index is 8.66. The van der Waals surface area contributed by atoms with Gasteiger partial charge in [-0.15, -0.1) is 0 Å². The largest absolute Gasteiger partial charge is 2.00 e. The molecule has 36 valence electrons. The summed E-state index contributed by atoms with van der Waals surface area (Å²) >= 11 is 0. The van der Waals surface area contributed by atoms with Gasteiger partial charge in [0, 0.05) is 0 Å². The topological polar surface area (TPSA) is 83.4 Å². The summed E-state index contributed by atoms with van der Waals surface area (Å²) in [6, 6.07) is 0. The van der Waals surface area contributed by atoms with E-state index in [-0.39, 0.29) is 46.1 Å². The van der Waals surface area contributed by atoms with Crippen molar-refractivity contribution in [1.29, 1.82) is 0 Å². The number of phosphoric acid groups is 1. The normalized spacial score (nSPS) is 8.43. The fourth-order valence-corrected chi connectivity index (χ4v) is 0. The SMILES string of the molecule is O=P([O-])([O-])O.[Mg+2].[MgH2]. The van der Waals surface area contributed by atoms with Crippen molar-refractivity contribution in [3.8, 4) is 0 Å². The Balaban J connectivity index is -0.0000000800. The fraction of sp³-hybridized carbons (Fsp3) is 0. The molecule has 7 heavy (non-hydrogen) atoms. The Bertz CT molecular complexity index is 55.8. The van der Waals surface area contributed by atoms with Crippen LogP contribution >= 0.6 is 7.82 Å². The minimum absolute atomic E-state index is 0. The van der Waals surface area contributed by atoms with Gasteiger partial charge in [0.2, 0.25) is 0 Å². The number of hydrogen-bond donors (Lipinski definition) is 1. The van der Waals surface area contributed by atoms with E-state index < -0.39 is 7.82 Å². The van der Waals surface area contributed by atoms with Crippen molar-refractivity contribution in [3.63, 3.8) is 0 Å². The second kappa shape index (κ2) is 5.77. The predicted octanol–water partition coefficient (Wildman–Crippen LogP) is -3.49. The van der Waals surface area contributed by atoms with Crippen molar-refractivity contribution in [2.75, 3.05) is 0 Å². The van der Waals surface area contributed by atoms with Crippen LogP contribution in [0, 0.1) is 0 Å². The summed E-state index contributed by atoms with van der Waals surface area (Å²) < 4.78 is 8.66. The molecule has 0 aliphatic rings. The molecule has 0 spiro atoms. The van der Waals surface area contributed by atoms with E-state index in [1.165, 1.54) is 0 Å². The molecule has 0 amide bonds. The summed E-state index contributed by atoms with van der Waals surface area (Å²) in [4.78, 5) is 24.3. The Hall–Kier alpha value is 1.64. The van der Waals surface area contributed by atoms with Crippen LogP contribution in [-0.4, -0.2) is 51.0 Å². The van der Waals surface area contributed by atoms with Gasteiger partial charge in [-0.1, -0.05) is 0 Å². The number of rotatable bonds is 0. The van der Waals surface area contributed by atoms with Crippen LogP contribution in [0.2, 0.25) is 0 Å². The van der Waals surface area contributed by atoms with Gasteiger partial charge in [-0.3, -0.25) is 0 Å². The maximum Gasteiger partial charge on any atom is 2.00 e. The first-order valence-electron chi connectivity index (χ1n) is 0.748. The van der Waals surface area contributed by atoms with Crippen molar-refractivity contribution < 1.29 is 19.2 Å². The van der Waals surface area contributed by atoms with E-state index in [2.05, 4.69) is 0 Å². The first-order chi connectivity index (χ1) is 2.00. The van der Waals surface area contributed by atoms with Gasteiger partial charge in [0.15, 0.2) is 0 Å². The molecule has 0 radical (unpaired) electrons. The monoisotopic (exact) mass is 146 g/mol. The first-order valence-corrected chi connectivity index (χ1v) is 2.24. The van der Waals surface area contributed by atoms with Crippen LogP contribution in [0.25, 0.3) is 0 Å². The van der Waals surface area contributed by atoms with Crippen LogP contribution in [0.1, 0.15) is 0 Å². The zero-order valence-electron chi connectivity index (χ0n) is 2.83. The van der Waals surface area contributed by atoms with Crippen LogP contribution in [0.5, 0.6) is 0 Å². The molecule has 0 aliphatic heterocycles. The van der Waals surface area contributed by atoms with Crippen LogP contribution in [-0.2, 0) is 4.57 Å². The van der Waals surface area contributed by atoms with Gasteiger partial charge in [0.05, 0.1) is 7.82 Å². The molecule has 0 saturated carbocycles. The standard InChI is InChI=1S/2Mg.H3O4P.2H/c;;1-5(2,3)4;;/h;;(H3,1,2,3,4);;/q;+2;;;/p-2. The van der Waals surface area contributed by atoms with Crippen LogP contribution in [0.15, 0.2) is 0 Å². The molecule has 0 atom stereocenters. The second-order valence-corrected chi connectivity index (χ2v) is 1.41. The van der Waals surface area contributed by atoms with Crippen molar-refractivity contribution in [3.05, 3.63) is 0 Å². The Morgan fingerprint density at radius 1 is 1.43 bits per heavy atom. The van der Waals surface area contributed by atoms with Gasteiger partial charge in [-0.05, 0) is 0 Å². The van der Waals surface area contributed by atoms with E-state index in [0.29, 0.717) is 0 Å². The third-order valence-corrected chi connectivity index (χ3v) is 0. The molecule has 4 nitrogen and oxygen atoms in total.